The van der Waals surface area contributed by atoms with Gasteiger partial charge in [0.2, 0.25) is 0 Å². The molecule has 0 saturated carbocycles. The number of fused-ring (bicyclic) bond motifs is 3. The predicted molar refractivity (Wildman–Crippen MR) is 182 cm³/mol. The second-order valence-corrected chi connectivity index (χ2v) is 12.7. The topological polar surface area (TPSA) is 122 Å². The molecule has 3 saturated heterocycles. The molecule has 3 atom stereocenters. The van der Waals surface area contributed by atoms with Crippen LogP contribution in [0.5, 0.6) is 0 Å². The SMILES string of the molecule is c1cnc2c(C[C@H]3CCCN3)c[nH]c2c1.c1cnc2cc(C[C@@H]3CCCN3)[nH]c2c1.c1cnc2cc(C[C@H]3CCCN3)[nH]c2c1. The van der Waals surface area contributed by atoms with Gasteiger partial charge in [-0.3, -0.25) is 15.0 Å². The van der Waals surface area contributed by atoms with Crippen LogP contribution in [0.15, 0.2) is 73.3 Å². The van der Waals surface area contributed by atoms with E-state index in [0.717, 1.165) is 52.4 Å². The van der Waals surface area contributed by atoms with Gasteiger partial charge in [0, 0.05) is 67.1 Å². The molecule has 9 nitrogen and oxygen atoms in total. The molecule has 6 N–H and O–H groups in total. The van der Waals surface area contributed by atoms with Crippen LogP contribution in [-0.2, 0) is 19.3 Å². The van der Waals surface area contributed by atoms with Gasteiger partial charge < -0.3 is 30.9 Å². The minimum Gasteiger partial charge on any atom is -0.360 e. The molecule has 0 spiro atoms. The fourth-order valence-electron chi connectivity index (χ4n) is 7.00. The first-order chi connectivity index (χ1) is 22.3. The predicted octanol–water partition coefficient (Wildman–Crippen LogP) is 5.57. The van der Waals surface area contributed by atoms with Crippen LogP contribution in [0.1, 0.15) is 55.5 Å². The van der Waals surface area contributed by atoms with E-state index in [0.29, 0.717) is 18.1 Å². The van der Waals surface area contributed by atoms with Crippen molar-refractivity contribution in [3.05, 3.63) is 90.3 Å². The summed E-state index contributed by atoms with van der Waals surface area (Å²) in [5, 5.41) is 10.5. The summed E-state index contributed by atoms with van der Waals surface area (Å²) in [6, 6.07) is 18.4. The molecule has 3 aliphatic heterocycles. The van der Waals surface area contributed by atoms with Crippen molar-refractivity contribution in [3.63, 3.8) is 0 Å². The molecular formula is C36H45N9. The summed E-state index contributed by atoms with van der Waals surface area (Å²) >= 11 is 0. The van der Waals surface area contributed by atoms with Crippen LogP contribution in [-0.4, -0.2) is 67.7 Å². The van der Waals surface area contributed by atoms with Crippen molar-refractivity contribution in [2.75, 3.05) is 19.6 Å². The molecule has 6 aromatic rings. The third kappa shape index (κ3) is 7.61. The van der Waals surface area contributed by atoms with Crippen molar-refractivity contribution in [2.24, 2.45) is 0 Å². The molecule has 9 heterocycles. The molecule has 45 heavy (non-hydrogen) atoms. The van der Waals surface area contributed by atoms with Gasteiger partial charge in [0.15, 0.2) is 0 Å². The summed E-state index contributed by atoms with van der Waals surface area (Å²) < 4.78 is 0. The molecule has 9 heteroatoms. The zero-order valence-electron chi connectivity index (χ0n) is 26.0. The smallest absolute Gasteiger partial charge is 0.0911 e. The number of aromatic nitrogens is 6. The van der Waals surface area contributed by atoms with Crippen molar-refractivity contribution in [3.8, 4) is 0 Å². The van der Waals surface area contributed by atoms with Gasteiger partial charge in [0.1, 0.15) is 0 Å². The van der Waals surface area contributed by atoms with Gasteiger partial charge in [0.25, 0.3) is 0 Å². The Bertz CT molecular complexity index is 1620. The highest BCUT2D eigenvalue weighted by Gasteiger charge is 2.18. The molecule has 0 aliphatic carbocycles. The second-order valence-electron chi connectivity index (χ2n) is 12.7. The third-order valence-corrected chi connectivity index (χ3v) is 9.29. The van der Waals surface area contributed by atoms with Crippen molar-refractivity contribution in [2.45, 2.75) is 75.9 Å². The number of nitrogens with zero attached hydrogens (tertiary/aromatic N) is 3. The summed E-state index contributed by atoms with van der Waals surface area (Å²) in [6.07, 6.45) is 18.7. The van der Waals surface area contributed by atoms with Crippen molar-refractivity contribution >= 4 is 33.1 Å². The Kier molecular flexibility index (Phi) is 9.47. The van der Waals surface area contributed by atoms with Gasteiger partial charge in [-0.05, 0) is 119 Å². The van der Waals surface area contributed by atoms with E-state index in [1.54, 1.807) is 0 Å². The number of hydrogen-bond donors (Lipinski definition) is 6. The fraction of sp³-hybridized carbons (Fsp3) is 0.417. The maximum absolute atomic E-state index is 4.42. The van der Waals surface area contributed by atoms with Crippen LogP contribution in [0.2, 0.25) is 0 Å². The van der Waals surface area contributed by atoms with E-state index in [2.05, 4.69) is 82.4 Å². The molecule has 234 valence electrons. The van der Waals surface area contributed by atoms with E-state index >= 15 is 0 Å². The highest BCUT2D eigenvalue weighted by atomic mass is 14.9. The summed E-state index contributed by atoms with van der Waals surface area (Å²) in [4.78, 5) is 23.2. The average Bonchev–Trinajstić information content (AvgIpc) is 3.92. The first kappa shape index (κ1) is 29.6. The summed E-state index contributed by atoms with van der Waals surface area (Å²) in [5.74, 6) is 0. The minimum absolute atomic E-state index is 0.644. The molecule has 0 amide bonds. The highest BCUT2D eigenvalue weighted by molar-refractivity contribution is 5.78. The van der Waals surface area contributed by atoms with Crippen LogP contribution >= 0.6 is 0 Å². The molecular weight excluding hydrogens is 558 g/mol. The number of H-pyrrole nitrogens is 3. The van der Waals surface area contributed by atoms with Crippen LogP contribution < -0.4 is 16.0 Å². The first-order valence-corrected chi connectivity index (χ1v) is 16.7. The Hall–Kier alpha value is -4.05. The lowest BCUT2D eigenvalue weighted by atomic mass is 10.1. The molecule has 0 radical (unpaired) electrons. The summed E-state index contributed by atoms with van der Waals surface area (Å²) in [6.45, 7) is 3.51. The summed E-state index contributed by atoms with van der Waals surface area (Å²) in [5.41, 5.74) is 10.6. The number of nitrogens with one attached hydrogen (secondary N) is 6. The Morgan fingerprint density at radius 2 is 1.07 bits per heavy atom. The van der Waals surface area contributed by atoms with E-state index in [1.807, 2.05) is 36.8 Å². The van der Waals surface area contributed by atoms with Crippen LogP contribution in [0, 0.1) is 0 Å². The van der Waals surface area contributed by atoms with Gasteiger partial charge in [-0.15, -0.1) is 0 Å². The Morgan fingerprint density at radius 1 is 0.578 bits per heavy atom. The fourth-order valence-corrected chi connectivity index (χ4v) is 7.00. The Morgan fingerprint density at radius 3 is 1.56 bits per heavy atom. The molecule has 0 bridgehead atoms. The van der Waals surface area contributed by atoms with Crippen molar-refractivity contribution in [1.82, 2.24) is 45.9 Å². The molecule has 0 unspecified atom stereocenters. The normalized spacial score (nSPS) is 21.2. The van der Waals surface area contributed by atoms with E-state index in [4.69, 9.17) is 0 Å². The first-order valence-electron chi connectivity index (χ1n) is 16.7. The number of hydrogen-bond acceptors (Lipinski definition) is 6. The lowest BCUT2D eigenvalue weighted by Gasteiger charge is -2.07. The Labute approximate surface area is 264 Å². The molecule has 3 aliphatic rings. The zero-order chi connectivity index (χ0) is 30.3. The Balaban J connectivity index is 0.000000108. The molecule has 9 rings (SSSR count). The zero-order valence-corrected chi connectivity index (χ0v) is 26.0. The number of rotatable bonds is 6. The van der Waals surface area contributed by atoms with Crippen molar-refractivity contribution in [1.29, 1.82) is 0 Å². The van der Waals surface area contributed by atoms with E-state index < -0.39 is 0 Å². The monoisotopic (exact) mass is 603 g/mol. The number of aromatic amines is 3. The molecule has 6 aromatic heterocycles. The lowest BCUT2D eigenvalue weighted by Crippen LogP contribution is -2.23. The van der Waals surface area contributed by atoms with Crippen LogP contribution in [0.3, 0.4) is 0 Å². The van der Waals surface area contributed by atoms with Crippen LogP contribution in [0.4, 0.5) is 0 Å². The standard InChI is InChI=1S/3C12H15N3/c1-3-10(13-5-1)7-9-8-15-11-4-2-6-14-12(9)11;2*1-3-9(13-5-1)7-10-8-12-11(15-10)4-2-6-14-12/h2,4,6,8,10,13,15H,1,3,5,7H2;2*2,4,6,8-9,13,15H,1,3,5,7H2/t10-;2*9-/m110/s1. The van der Waals surface area contributed by atoms with E-state index in [-0.39, 0.29) is 0 Å². The average molecular weight is 604 g/mol. The highest BCUT2D eigenvalue weighted by Crippen LogP contribution is 2.20. The maximum Gasteiger partial charge on any atom is 0.0911 e. The lowest BCUT2D eigenvalue weighted by molar-refractivity contribution is 0.597. The second kappa shape index (κ2) is 14.4. The summed E-state index contributed by atoms with van der Waals surface area (Å²) in [7, 11) is 0. The van der Waals surface area contributed by atoms with Gasteiger partial charge in [-0.1, -0.05) is 0 Å². The van der Waals surface area contributed by atoms with Crippen LogP contribution in [0.25, 0.3) is 33.1 Å². The largest absolute Gasteiger partial charge is 0.360 e. The minimum atomic E-state index is 0.644. The number of pyridine rings is 3. The van der Waals surface area contributed by atoms with Gasteiger partial charge in [-0.2, -0.15) is 0 Å². The van der Waals surface area contributed by atoms with Gasteiger partial charge in [0.05, 0.1) is 33.1 Å². The molecule has 0 aromatic carbocycles. The van der Waals surface area contributed by atoms with E-state index in [9.17, 15) is 0 Å². The van der Waals surface area contributed by atoms with E-state index in [1.165, 1.54) is 75.1 Å². The third-order valence-electron chi connectivity index (χ3n) is 9.29. The van der Waals surface area contributed by atoms with Gasteiger partial charge in [-0.25, -0.2) is 0 Å². The molecule has 3 fully saturated rings. The quantitative estimate of drug-likeness (QED) is 0.148. The van der Waals surface area contributed by atoms with Gasteiger partial charge >= 0.3 is 0 Å². The van der Waals surface area contributed by atoms with Crippen molar-refractivity contribution < 1.29 is 0 Å². The maximum atomic E-state index is 4.42.